The molecule has 0 atom stereocenters. The minimum Gasteiger partial charge on any atom is -0.469 e. The van der Waals surface area contributed by atoms with E-state index >= 15 is 0 Å². The Morgan fingerprint density at radius 3 is 2.66 bits per heavy atom. The number of aryl methyl sites for hydroxylation is 2. The molecule has 29 heavy (non-hydrogen) atoms. The number of nitrogens with zero attached hydrogens (tertiary/aromatic N) is 5. The smallest absolute Gasteiger partial charge is 0.286 e. The van der Waals surface area contributed by atoms with E-state index < -0.39 is 0 Å². The minimum atomic E-state index is -0.265. The summed E-state index contributed by atoms with van der Waals surface area (Å²) in [6.07, 6.45) is 1.64. The first-order chi connectivity index (χ1) is 14.0. The Bertz CT molecular complexity index is 1150. The number of benzene rings is 1. The maximum atomic E-state index is 12.4. The van der Waals surface area contributed by atoms with Crippen molar-refractivity contribution in [3.63, 3.8) is 0 Å². The average Bonchev–Trinajstić information content (AvgIpc) is 3.42. The van der Waals surface area contributed by atoms with Gasteiger partial charge in [0.15, 0.2) is 11.0 Å². The predicted octanol–water partition coefficient (Wildman–Crippen LogP) is 4.09. The number of furan rings is 1. The molecule has 0 radical (unpaired) electrons. The van der Waals surface area contributed by atoms with Crippen molar-refractivity contribution < 1.29 is 9.21 Å². The van der Waals surface area contributed by atoms with Gasteiger partial charge < -0.3 is 14.3 Å². The van der Waals surface area contributed by atoms with Gasteiger partial charge in [0.05, 0.1) is 17.6 Å². The zero-order valence-corrected chi connectivity index (χ0v) is 17.7. The van der Waals surface area contributed by atoms with Crippen molar-refractivity contribution in [1.29, 1.82) is 0 Å². The highest BCUT2D eigenvalue weighted by molar-refractivity contribution is 7.98. The molecule has 0 aliphatic carbocycles. The Labute approximate surface area is 175 Å². The second kappa shape index (κ2) is 8.18. The van der Waals surface area contributed by atoms with Crippen LogP contribution < -0.4 is 5.32 Å². The second-order valence-corrected chi connectivity index (χ2v) is 8.37. The van der Waals surface area contributed by atoms with Gasteiger partial charge in [-0.15, -0.1) is 20.4 Å². The van der Waals surface area contributed by atoms with Crippen LogP contribution in [-0.2, 0) is 12.8 Å². The molecule has 4 rings (SSSR count). The highest BCUT2D eigenvalue weighted by Crippen LogP contribution is 2.28. The number of nitrogens with one attached hydrogen (secondary N) is 1. The molecule has 0 bridgehead atoms. The summed E-state index contributed by atoms with van der Waals surface area (Å²) in [5.41, 5.74) is 2.78. The lowest BCUT2D eigenvalue weighted by atomic mass is 10.2. The summed E-state index contributed by atoms with van der Waals surface area (Å²) in [5, 5.41) is 21.3. The number of carbonyl (C=O) groups is 1. The molecular formula is C19H18N6O2S2. The molecule has 0 saturated carbocycles. The van der Waals surface area contributed by atoms with E-state index in [1.165, 1.54) is 23.1 Å². The van der Waals surface area contributed by atoms with E-state index in [0.717, 1.165) is 38.6 Å². The summed E-state index contributed by atoms with van der Waals surface area (Å²) in [5.74, 6) is 1.82. The number of anilines is 1. The minimum absolute atomic E-state index is 0.265. The maximum absolute atomic E-state index is 12.4. The highest BCUT2D eigenvalue weighted by atomic mass is 32.2. The van der Waals surface area contributed by atoms with Gasteiger partial charge in [0.25, 0.3) is 5.91 Å². The van der Waals surface area contributed by atoms with E-state index in [0.29, 0.717) is 10.8 Å². The first kappa shape index (κ1) is 19.3. The molecule has 0 fully saturated rings. The molecule has 10 heteroatoms. The van der Waals surface area contributed by atoms with Crippen LogP contribution in [0.3, 0.4) is 0 Å². The molecule has 1 aromatic carbocycles. The van der Waals surface area contributed by atoms with Crippen molar-refractivity contribution in [2.75, 3.05) is 5.32 Å². The predicted molar refractivity (Wildman–Crippen MR) is 112 cm³/mol. The van der Waals surface area contributed by atoms with Gasteiger partial charge >= 0.3 is 0 Å². The molecule has 148 valence electrons. The van der Waals surface area contributed by atoms with Crippen LogP contribution >= 0.6 is 23.1 Å². The lowest BCUT2D eigenvalue weighted by Gasteiger charge is -2.02. The number of thioether (sulfide) groups is 1. The fraction of sp³-hybridized carbons (Fsp3) is 0.211. The Morgan fingerprint density at radius 1 is 1.14 bits per heavy atom. The molecule has 0 aliphatic heterocycles. The first-order valence-corrected chi connectivity index (χ1v) is 10.6. The van der Waals surface area contributed by atoms with Gasteiger partial charge in [-0.05, 0) is 32.0 Å². The number of aromatic nitrogens is 5. The Morgan fingerprint density at radius 2 is 1.93 bits per heavy atom. The number of amides is 1. The van der Waals surface area contributed by atoms with Crippen molar-refractivity contribution in [2.24, 2.45) is 7.05 Å². The van der Waals surface area contributed by atoms with E-state index in [1.807, 2.05) is 55.8 Å². The van der Waals surface area contributed by atoms with Crippen LogP contribution in [0.4, 0.5) is 5.69 Å². The summed E-state index contributed by atoms with van der Waals surface area (Å²) < 4.78 is 7.25. The molecule has 1 N–H and O–H groups in total. The number of hydrogen-bond acceptors (Lipinski definition) is 8. The van der Waals surface area contributed by atoms with Gasteiger partial charge in [-0.2, -0.15) is 0 Å². The van der Waals surface area contributed by atoms with Gasteiger partial charge in [0, 0.05) is 12.7 Å². The lowest BCUT2D eigenvalue weighted by molar-refractivity contribution is 0.102. The standard InChI is InChI=1S/C19H18N6O2S2/c1-11-4-6-13(7-5-11)20-17(26)18-23-21-15(29-18)10-28-19-24-22-16(25(19)3)14-8-9-27-12(14)2/h4-9H,10H2,1-3H3,(H,20,26). The molecule has 4 aromatic rings. The van der Waals surface area contributed by atoms with Gasteiger partial charge in [-0.1, -0.05) is 40.8 Å². The van der Waals surface area contributed by atoms with Crippen molar-refractivity contribution in [1.82, 2.24) is 25.0 Å². The van der Waals surface area contributed by atoms with Crippen LogP contribution in [0.15, 0.2) is 46.2 Å². The van der Waals surface area contributed by atoms with Crippen molar-refractivity contribution >= 4 is 34.7 Å². The van der Waals surface area contributed by atoms with Crippen LogP contribution in [0.25, 0.3) is 11.4 Å². The summed E-state index contributed by atoms with van der Waals surface area (Å²) in [6, 6.07) is 9.48. The molecule has 0 aliphatic rings. The quantitative estimate of drug-likeness (QED) is 0.464. The largest absolute Gasteiger partial charge is 0.469 e. The van der Waals surface area contributed by atoms with E-state index in [2.05, 4.69) is 25.7 Å². The van der Waals surface area contributed by atoms with E-state index in [4.69, 9.17) is 4.42 Å². The summed E-state index contributed by atoms with van der Waals surface area (Å²) in [4.78, 5) is 12.4. The molecule has 1 amide bonds. The van der Waals surface area contributed by atoms with Crippen molar-refractivity contribution in [3.8, 4) is 11.4 Å². The summed E-state index contributed by atoms with van der Waals surface area (Å²) in [7, 11) is 1.91. The Balaban J connectivity index is 1.40. The third-order valence-corrected chi connectivity index (χ3v) is 6.37. The van der Waals surface area contributed by atoms with Crippen LogP contribution in [-0.4, -0.2) is 30.9 Å². The Kier molecular flexibility index (Phi) is 5.45. The molecule has 0 unspecified atom stereocenters. The highest BCUT2D eigenvalue weighted by Gasteiger charge is 2.17. The number of hydrogen-bond donors (Lipinski definition) is 1. The molecule has 0 spiro atoms. The molecule has 8 nitrogen and oxygen atoms in total. The summed E-state index contributed by atoms with van der Waals surface area (Å²) in [6.45, 7) is 3.89. The normalized spacial score (nSPS) is 11.0. The Hall–Kier alpha value is -2.98. The average molecular weight is 427 g/mol. The monoisotopic (exact) mass is 426 g/mol. The van der Waals surface area contributed by atoms with E-state index in [-0.39, 0.29) is 5.91 Å². The van der Waals surface area contributed by atoms with Gasteiger partial charge in [0.2, 0.25) is 5.01 Å². The van der Waals surface area contributed by atoms with Gasteiger partial charge in [-0.25, -0.2) is 0 Å². The van der Waals surface area contributed by atoms with E-state index in [1.54, 1.807) is 6.26 Å². The number of carbonyl (C=O) groups excluding carboxylic acids is 1. The topological polar surface area (TPSA) is 98.7 Å². The SMILES string of the molecule is Cc1ccc(NC(=O)c2nnc(CSc3nnc(-c4ccoc4C)n3C)s2)cc1. The molecule has 3 aromatic heterocycles. The zero-order valence-electron chi connectivity index (χ0n) is 16.0. The fourth-order valence-electron chi connectivity index (χ4n) is 2.64. The first-order valence-electron chi connectivity index (χ1n) is 8.78. The second-order valence-electron chi connectivity index (χ2n) is 6.37. The van der Waals surface area contributed by atoms with E-state index in [9.17, 15) is 4.79 Å². The van der Waals surface area contributed by atoms with Crippen LogP contribution in [0.5, 0.6) is 0 Å². The third kappa shape index (κ3) is 4.22. The van der Waals surface area contributed by atoms with Crippen LogP contribution in [0, 0.1) is 13.8 Å². The zero-order chi connectivity index (χ0) is 20.4. The molecule has 0 saturated heterocycles. The molecular weight excluding hydrogens is 408 g/mol. The van der Waals surface area contributed by atoms with Crippen molar-refractivity contribution in [2.45, 2.75) is 24.8 Å². The molecule has 3 heterocycles. The van der Waals surface area contributed by atoms with Crippen LogP contribution in [0.1, 0.15) is 26.1 Å². The number of rotatable bonds is 6. The van der Waals surface area contributed by atoms with Gasteiger partial charge in [-0.3, -0.25) is 4.79 Å². The van der Waals surface area contributed by atoms with Gasteiger partial charge in [0.1, 0.15) is 10.8 Å². The van der Waals surface area contributed by atoms with Crippen LogP contribution in [0.2, 0.25) is 0 Å². The lowest BCUT2D eigenvalue weighted by Crippen LogP contribution is -2.11. The maximum Gasteiger partial charge on any atom is 0.286 e. The third-order valence-electron chi connectivity index (χ3n) is 4.23. The summed E-state index contributed by atoms with van der Waals surface area (Å²) >= 11 is 2.76. The fourth-order valence-corrected chi connectivity index (χ4v) is 4.28. The van der Waals surface area contributed by atoms with Crippen molar-refractivity contribution in [3.05, 3.63) is 57.9 Å².